The number of rotatable bonds is 2. The predicted octanol–water partition coefficient (Wildman–Crippen LogP) is 3.14. The summed E-state index contributed by atoms with van der Waals surface area (Å²) in [5.74, 6) is 1.94. The molecule has 1 fully saturated rings. The Morgan fingerprint density at radius 2 is 2.07 bits per heavy atom. The van der Waals surface area contributed by atoms with Gasteiger partial charge < -0.3 is 5.32 Å². The third kappa shape index (κ3) is 4.92. The smallest absolute Gasteiger partial charge is 0.156 e. The van der Waals surface area contributed by atoms with E-state index in [1.165, 1.54) is 5.75 Å². The Kier molecular flexibility index (Phi) is 4.50. The molecule has 0 aliphatic carbocycles. The molecule has 15 heavy (non-hydrogen) atoms. The monoisotopic (exact) mass is 228 g/mol. The Morgan fingerprint density at radius 3 is 2.60 bits per heavy atom. The first-order chi connectivity index (χ1) is 6.88. The van der Waals surface area contributed by atoms with Gasteiger partial charge in [0.1, 0.15) is 0 Å². The van der Waals surface area contributed by atoms with Gasteiger partial charge in [0.15, 0.2) is 5.17 Å². The van der Waals surface area contributed by atoms with Crippen LogP contribution in [0.2, 0.25) is 0 Å². The van der Waals surface area contributed by atoms with Crippen LogP contribution in [-0.4, -0.2) is 23.5 Å². The van der Waals surface area contributed by atoms with E-state index >= 15 is 0 Å². The van der Waals surface area contributed by atoms with E-state index in [2.05, 4.69) is 44.9 Å². The summed E-state index contributed by atoms with van der Waals surface area (Å²) in [4.78, 5) is 4.62. The summed E-state index contributed by atoms with van der Waals surface area (Å²) in [6.07, 6.45) is 1.16. The van der Waals surface area contributed by atoms with Crippen LogP contribution in [0.3, 0.4) is 0 Å². The molecule has 0 amide bonds. The van der Waals surface area contributed by atoms with E-state index in [-0.39, 0.29) is 0 Å². The van der Waals surface area contributed by atoms with Gasteiger partial charge in [0, 0.05) is 18.3 Å². The van der Waals surface area contributed by atoms with Crippen LogP contribution in [0.15, 0.2) is 4.99 Å². The highest BCUT2D eigenvalue weighted by Gasteiger charge is 2.20. The second kappa shape index (κ2) is 5.24. The fraction of sp³-hybridized carbons (Fsp3) is 0.917. The highest BCUT2D eigenvalue weighted by molar-refractivity contribution is 8.13. The number of thioether (sulfide) groups is 1. The summed E-state index contributed by atoms with van der Waals surface area (Å²) in [7, 11) is 0. The van der Waals surface area contributed by atoms with Gasteiger partial charge in [-0.1, -0.05) is 39.5 Å². The summed E-state index contributed by atoms with van der Waals surface area (Å²) >= 11 is 1.86. The van der Waals surface area contributed by atoms with Gasteiger partial charge in [-0.15, -0.1) is 0 Å². The van der Waals surface area contributed by atoms with Gasteiger partial charge >= 0.3 is 0 Å². The van der Waals surface area contributed by atoms with Gasteiger partial charge in [0.25, 0.3) is 0 Å². The number of hydrogen-bond acceptors (Lipinski definition) is 2. The van der Waals surface area contributed by atoms with Crippen LogP contribution in [0.1, 0.15) is 41.0 Å². The van der Waals surface area contributed by atoms with Crippen molar-refractivity contribution >= 4 is 16.9 Å². The zero-order chi connectivity index (χ0) is 11.5. The number of nitrogens with one attached hydrogen (secondary N) is 1. The summed E-state index contributed by atoms with van der Waals surface area (Å²) in [5.41, 5.74) is 0.391. The predicted molar refractivity (Wildman–Crippen MR) is 70.6 cm³/mol. The van der Waals surface area contributed by atoms with Crippen LogP contribution in [0.4, 0.5) is 0 Å². The second-order valence-electron chi connectivity index (χ2n) is 5.72. The Balaban J connectivity index is 2.35. The highest BCUT2D eigenvalue weighted by atomic mass is 32.2. The second-order valence-corrected chi connectivity index (χ2v) is 6.73. The largest absolute Gasteiger partial charge is 0.362 e. The third-order valence-electron chi connectivity index (χ3n) is 2.80. The highest BCUT2D eigenvalue weighted by Crippen LogP contribution is 2.21. The lowest BCUT2D eigenvalue weighted by molar-refractivity contribution is 0.385. The SMILES string of the molecule is CC1CSC(=NCCC(C)(C)C)NC1C. The molecule has 1 rings (SSSR count). The van der Waals surface area contributed by atoms with Gasteiger partial charge in [0.2, 0.25) is 0 Å². The molecule has 0 radical (unpaired) electrons. The molecule has 0 spiro atoms. The van der Waals surface area contributed by atoms with Crippen LogP contribution in [0, 0.1) is 11.3 Å². The van der Waals surface area contributed by atoms with Crippen LogP contribution in [0.5, 0.6) is 0 Å². The molecule has 0 aromatic heterocycles. The maximum Gasteiger partial charge on any atom is 0.156 e. The van der Waals surface area contributed by atoms with Crippen molar-refractivity contribution in [2.45, 2.75) is 47.1 Å². The molecule has 0 saturated carbocycles. The van der Waals surface area contributed by atoms with Gasteiger partial charge in [-0.25, -0.2) is 0 Å². The molecular formula is C12H24N2S. The zero-order valence-electron chi connectivity index (χ0n) is 10.6. The quantitative estimate of drug-likeness (QED) is 0.785. The van der Waals surface area contributed by atoms with Crippen molar-refractivity contribution in [1.82, 2.24) is 5.32 Å². The summed E-state index contributed by atoms with van der Waals surface area (Å²) < 4.78 is 0. The lowest BCUT2D eigenvalue weighted by Gasteiger charge is -2.28. The Labute approximate surface area is 98.3 Å². The molecule has 88 valence electrons. The van der Waals surface area contributed by atoms with Gasteiger partial charge in [-0.2, -0.15) is 0 Å². The molecule has 2 unspecified atom stereocenters. The fourth-order valence-electron chi connectivity index (χ4n) is 1.32. The Morgan fingerprint density at radius 1 is 1.40 bits per heavy atom. The van der Waals surface area contributed by atoms with Crippen molar-refractivity contribution in [3.05, 3.63) is 0 Å². The average Bonchev–Trinajstić information content (AvgIpc) is 2.09. The molecule has 2 atom stereocenters. The minimum Gasteiger partial charge on any atom is -0.362 e. The molecule has 1 aliphatic rings. The van der Waals surface area contributed by atoms with Crippen molar-refractivity contribution in [3.8, 4) is 0 Å². The summed E-state index contributed by atoms with van der Waals surface area (Å²) in [6.45, 7) is 12.3. The number of nitrogens with zero attached hydrogens (tertiary/aromatic N) is 1. The van der Waals surface area contributed by atoms with E-state index < -0.39 is 0 Å². The maximum atomic E-state index is 4.62. The van der Waals surface area contributed by atoms with E-state index in [1.807, 2.05) is 11.8 Å². The van der Waals surface area contributed by atoms with E-state index in [0.717, 1.165) is 24.1 Å². The minimum absolute atomic E-state index is 0.391. The maximum absolute atomic E-state index is 4.62. The van der Waals surface area contributed by atoms with Crippen molar-refractivity contribution in [3.63, 3.8) is 0 Å². The van der Waals surface area contributed by atoms with Gasteiger partial charge in [0.05, 0.1) is 0 Å². The van der Waals surface area contributed by atoms with Gasteiger partial charge in [-0.3, -0.25) is 4.99 Å². The first-order valence-electron chi connectivity index (χ1n) is 5.82. The van der Waals surface area contributed by atoms with E-state index in [1.54, 1.807) is 0 Å². The van der Waals surface area contributed by atoms with Gasteiger partial charge in [-0.05, 0) is 24.7 Å². The third-order valence-corrected chi connectivity index (χ3v) is 4.02. The van der Waals surface area contributed by atoms with Crippen molar-refractivity contribution in [2.24, 2.45) is 16.3 Å². The van der Waals surface area contributed by atoms with Crippen molar-refractivity contribution in [1.29, 1.82) is 0 Å². The zero-order valence-corrected chi connectivity index (χ0v) is 11.4. The summed E-state index contributed by atoms with van der Waals surface area (Å²) in [5, 5.41) is 4.61. The minimum atomic E-state index is 0.391. The molecule has 1 aliphatic heterocycles. The van der Waals surface area contributed by atoms with Crippen molar-refractivity contribution in [2.75, 3.05) is 12.3 Å². The first-order valence-corrected chi connectivity index (χ1v) is 6.81. The fourth-order valence-corrected chi connectivity index (χ4v) is 2.48. The normalized spacial score (nSPS) is 30.3. The lowest BCUT2D eigenvalue weighted by atomic mass is 9.93. The van der Waals surface area contributed by atoms with E-state index in [0.29, 0.717) is 11.5 Å². The van der Waals surface area contributed by atoms with Crippen LogP contribution in [-0.2, 0) is 0 Å². The van der Waals surface area contributed by atoms with Crippen LogP contribution >= 0.6 is 11.8 Å². The molecule has 2 nitrogen and oxygen atoms in total. The topological polar surface area (TPSA) is 24.4 Å². The molecule has 1 N–H and O–H groups in total. The van der Waals surface area contributed by atoms with Crippen LogP contribution in [0.25, 0.3) is 0 Å². The Hall–Kier alpha value is -0.180. The molecule has 0 aromatic rings. The average molecular weight is 228 g/mol. The molecule has 0 bridgehead atoms. The first kappa shape index (κ1) is 12.9. The number of amidine groups is 1. The van der Waals surface area contributed by atoms with E-state index in [4.69, 9.17) is 0 Å². The molecule has 1 heterocycles. The molecular weight excluding hydrogens is 204 g/mol. The molecule has 0 aromatic carbocycles. The lowest BCUT2D eigenvalue weighted by Crippen LogP contribution is -2.41. The van der Waals surface area contributed by atoms with Crippen LogP contribution < -0.4 is 5.32 Å². The summed E-state index contributed by atoms with van der Waals surface area (Å²) in [6, 6.07) is 0.569. The Bertz CT molecular complexity index is 230. The number of hydrogen-bond donors (Lipinski definition) is 1. The molecule has 1 saturated heterocycles. The van der Waals surface area contributed by atoms with Crippen molar-refractivity contribution < 1.29 is 0 Å². The standard InChI is InChI=1S/C12H24N2S/c1-9-8-15-11(14-10(9)2)13-7-6-12(3,4)5/h9-10H,6-8H2,1-5H3,(H,13,14). The van der Waals surface area contributed by atoms with E-state index in [9.17, 15) is 0 Å². The molecule has 3 heteroatoms. The number of aliphatic imine (C=N–C) groups is 1.